The van der Waals surface area contributed by atoms with Crippen LogP contribution < -0.4 is 5.73 Å². The molecule has 7 nitrogen and oxygen atoms in total. The first kappa shape index (κ1) is 25.6. The van der Waals surface area contributed by atoms with E-state index in [1.807, 2.05) is 0 Å². The van der Waals surface area contributed by atoms with Gasteiger partial charge in [-0.1, -0.05) is 50.5 Å². The van der Waals surface area contributed by atoms with Gasteiger partial charge in [-0.3, -0.25) is 9.59 Å². The van der Waals surface area contributed by atoms with Crippen LogP contribution in [0.4, 0.5) is 0 Å². The smallest absolute Gasteiger partial charge is 0.331 e. The molecule has 0 aromatic carbocycles. The molecule has 1 atom stereocenters. The predicted octanol–water partition coefficient (Wildman–Crippen LogP) is 4.48. The molecule has 0 aromatic heterocycles. The Morgan fingerprint density at radius 1 is 0.933 bits per heavy atom. The van der Waals surface area contributed by atoms with Crippen LogP contribution in [0.25, 0.3) is 0 Å². The van der Waals surface area contributed by atoms with E-state index in [9.17, 15) is 19.5 Å². The number of carboxylic acid groups (broad SMARTS) is 2. The SMILES string of the molecule is CCC1=C(C/C=C\C/C=C\CCCCCCCC(=O)C(N)(CCC(=O)O)C(=O)O)O1. The second-order valence-corrected chi connectivity index (χ2v) is 7.58. The van der Waals surface area contributed by atoms with E-state index in [4.69, 9.17) is 15.6 Å². The molecule has 0 aromatic rings. The van der Waals surface area contributed by atoms with Gasteiger partial charge in [0.25, 0.3) is 0 Å². The van der Waals surface area contributed by atoms with Crippen LogP contribution in [0.15, 0.2) is 35.8 Å². The first-order chi connectivity index (χ1) is 14.3. The van der Waals surface area contributed by atoms with E-state index >= 15 is 0 Å². The Morgan fingerprint density at radius 2 is 1.60 bits per heavy atom. The van der Waals surface area contributed by atoms with Gasteiger partial charge in [0.2, 0.25) is 0 Å². The topological polar surface area (TPSA) is 130 Å². The van der Waals surface area contributed by atoms with E-state index in [0.717, 1.165) is 62.9 Å². The maximum Gasteiger partial charge on any atom is 0.331 e. The number of hydrogen-bond acceptors (Lipinski definition) is 5. The minimum atomic E-state index is -2.10. The highest BCUT2D eigenvalue weighted by Gasteiger charge is 2.41. The lowest BCUT2D eigenvalue weighted by atomic mass is 9.87. The molecule has 1 rings (SSSR count). The lowest BCUT2D eigenvalue weighted by Crippen LogP contribution is -2.55. The number of ketones is 1. The third kappa shape index (κ3) is 9.87. The van der Waals surface area contributed by atoms with Gasteiger partial charge in [-0.15, -0.1) is 0 Å². The van der Waals surface area contributed by atoms with Gasteiger partial charge in [-0.25, -0.2) is 4.79 Å². The van der Waals surface area contributed by atoms with Gasteiger partial charge >= 0.3 is 11.9 Å². The molecule has 4 N–H and O–H groups in total. The minimum absolute atomic E-state index is 0.0658. The second kappa shape index (κ2) is 13.7. The van der Waals surface area contributed by atoms with Crippen molar-refractivity contribution in [1.82, 2.24) is 0 Å². The van der Waals surface area contributed by atoms with Crippen LogP contribution in [-0.2, 0) is 19.1 Å². The van der Waals surface area contributed by atoms with Crippen LogP contribution in [0.5, 0.6) is 0 Å². The van der Waals surface area contributed by atoms with Crippen LogP contribution in [0.2, 0.25) is 0 Å². The van der Waals surface area contributed by atoms with Gasteiger partial charge < -0.3 is 20.7 Å². The first-order valence-corrected chi connectivity index (χ1v) is 10.8. The lowest BCUT2D eigenvalue weighted by Gasteiger charge is -2.22. The van der Waals surface area contributed by atoms with Crippen molar-refractivity contribution >= 4 is 17.7 Å². The quantitative estimate of drug-likeness (QED) is 0.169. The van der Waals surface area contributed by atoms with E-state index in [1.165, 1.54) is 0 Å². The second-order valence-electron chi connectivity index (χ2n) is 7.58. The fraction of sp³-hybridized carbons (Fsp3) is 0.609. The molecular formula is C23H35NO6. The Morgan fingerprint density at radius 3 is 2.23 bits per heavy atom. The standard InChI is InChI=1S/C23H35NO6/c1-2-18-19(30-18)14-12-10-8-6-4-3-5-7-9-11-13-15-20(25)23(24,22(28)29)17-16-21(26)27/h4,6,10,12H,2-3,5,7-9,11,13-17,24H2,1H3,(H,26,27)(H,28,29)/b6-4-,12-10-. The van der Waals surface area contributed by atoms with Gasteiger partial charge in [0.15, 0.2) is 11.3 Å². The van der Waals surface area contributed by atoms with Crippen molar-refractivity contribution in [3.63, 3.8) is 0 Å². The number of hydrogen-bond donors (Lipinski definition) is 3. The number of aliphatic carboxylic acids is 2. The molecule has 1 aliphatic heterocycles. The summed E-state index contributed by atoms with van der Waals surface area (Å²) in [6, 6.07) is 0. The average Bonchev–Trinajstić information content (AvgIpc) is 3.47. The highest BCUT2D eigenvalue weighted by atomic mass is 16.6. The van der Waals surface area contributed by atoms with E-state index in [1.54, 1.807) is 0 Å². The number of nitrogens with two attached hydrogens (primary N) is 1. The summed E-state index contributed by atoms with van der Waals surface area (Å²) in [7, 11) is 0. The number of Topliss-reactive ketones (excluding diaryl/α,β-unsaturated/α-hetero) is 1. The van der Waals surface area contributed by atoms with Crippen LogP contribution >= 0.6 is 0 Å². The number of ether oxygens (including phenoxy) is 1. The zero-order valence-electron chi connectivity index (χ0n) is 17.9. The van der Waals surface area contributed by atoms with E-state index in [0.29, 0.717) is 6.42 Å². The monoisotopic (exact) mass is 421 g/mol. The number of unbranched alkanes of at least 4 members (excludes halogenated alkanes) is 5. The first-order valence-electron chi connectivity index (χ1n) is 10.8. The largest absolute Gasteiger partial charge is 0.481 e. The Bertz CT molecular complexity index is 679. The number of carbonyl (C=O) groups excluding carboxylic acids is 1. The van der Waals surface area contributed by atoms with E-state index in [2.05, 4.69) is 31.2 Å². The summed E-state index contributed by atoms with van der Waals surface area (Å²) in [5.74, 6) is -0.983. The van der Waals surface area contributed by atoms with Gasteiger partial charge in [0, 0.05) is 25.7 Å². The molecule has 30 heavy (non-hydrogen) atoms. The Hall–Kier alpha value is -2.41. The lowest BCUT2D eigenvalue weighted by molar-refractivity contribution is -0.149. The summed E-state index contributed by atoms with van der Waals surface area (Å²) in [6.45, 7) is 2.09. The summed E-state index contributed by atoms with van der Waals surface area (Å²) in [4.78, 5) is 34.1. The average molecular weight is 422 g/mol. The molecule has 1 aliphatic rings. The molecule has 7 heteroatoms. The molecule has 168 valence electrons. The zero-order chi connectivity index (χ0) is 22.4. The highest BCUT2D eigenvalue weighted by molar-refractivity contribution is 6.07. The third-order valence-corrected chi connectivity index (χ3v) is 5.13. The van der Waals surface area contributed by atoms with Crippen LogP contribution in [0, 0.1) is 0 Å². The fourth-order valence-corrected chi connectivity index (χ4v) is 3.10. The number of rotatable bonds is 18. The molecule has 0 saturated heterocycles. The number of carboxylic acids is 2. The summed E-state index contributed by atoms with van der Waals surface area (Å²) < 4.78 is 5.32. The van der Waals surface area contributed by atoms with Gasteiger partial charge in [0.05, 0.1) is 0 Å². The van der Waals surface area contributed by atoms with Crippen LogP contribution in [0.3, 0.4) is 0 Å². The normalized spacial score (nSPS) is 15.4. The van der Waals surface area contributed by atoms with Gasteiger partial charge in [-0.2, -0.15) is 0 Å². The van der Waals surface area contributed by atoms with Crippen molar-refractivity contribution in [3.05, 3.63) is 35.8 Å². The highest BCUT2D eigenvalue weighted by Crippen LogP contribution is 2.31. The molecule has 0 amide bonds. The van der Waals surface area contributed by atoms with Crippen molar-refractivity contribution in [2.24, 2.45) is 5.73 Å². The zero-order valence-corrected chi connectivity index (χ0v) is 17.9. The van der Waals surface area contributed by atoms with E-state index in [-0.39, 0.29) is 12.8 Å². The summed E-state index contributed by atoms with van der Waals surface area (Å²) >= 11 is 0. The third-order valence-electron chi connectivity index (χ3n) is 5.13. The number of allylic oxidation sites excluding steroid dienone is 5. The van der Waals surface area contributed by atoms with Gasteiger partial charge in [0.1, 0.15) is 11.5 Å². The van der Waals surface area contributed by atoms with Crippen LogP contribution in [-0.4, -0.2) is 33.5 Å². The Labute approximate surface area is 178 Å². The molecule has 1 heterocycles. The molecule has 0 bridgehead atoms. The van der Waals surface area contributed by atoms with Gasteiger partial charge in [-0.05, 0) is 32.1 Å². The molecule has 0 saturated carbocycles. The maximum atomic E-state index is 12.2. The Kier molecular flexibility index (Phi) is 11.7. The molecule has 0 aliphatic carbocycles. The van der Waals surface area contributed by atoms with Crippen molar-refractivity contribution < 1.29 is 29.3 Å². The van der Waals surface area contributed by atoms with Crippen molar-refractivity contribution in [2.75, 3.05) is 0 Å². The number of carbonyl (C=O) groups is 3. The van der Waals surface area contributed by atoms with Crippen molar-refractivity contribution in [1.29, 1.82) is 0 Å². The fourth-order valence-electron chi connectivity index (χ4n) is 3.10. The molecule has 0 radical (unpaired) electrons. The van der Waals surface area contributed by atoms with E-state index < -0.39 is 29.7 Å². The molecular weight excluding hydrogens is 386 g/mol. The summed E-state index contributed by atoms with van der Waals surface area (Å²) in [5, 5.41) is 17.9. The maximum absolute atomic E-state index is 12.2. The molecule has 0 spiro atoms. The Balaban J connectivity index is 2.05. The predicted molar refractivity (Wildman–Crippen MR) is 115 cm³/mol. The summed E-state index contributed by atoms with van der Waals surface area (Å²) in [6.07, 6.45) is 16.1. The van der Waals surface area contributed by atoms with Crippen molar-refractivity contribution in [2.45, 2.75) is 89.5 Å². The van der Waals surface area contributed by atoms with Crippen molar-refractivity contribution in [3.8, 4) is 0 Å². The molecule has 0 fully saturated rings. The van der Waals surface area contributed by atoms with Crippen LogP contribution in [0.1, 0.15) is 84.0 Å². The summed E-state index contributed by atoms with van der Waals surface area (Å²) in [5.41, 5.74) is 3.57. The molecule has 1 unspecified atom stereocenters. The minimum Gasteiger partial charge on any atom is -0.481 e.